The summed E-state index contributed by atoms with van der Waals surface area (Å²) in [7, 11) is 0. The van der Waals surface area contributed by atoms with Gasteiger partial charge in [0, 0.05) is 31.9 Å². The molecule has 1 aromatic heterocycles. The Balaban J connectivity index is 1.49. The zero-order chi connectivity index (χ0) is 17.0. The van der Waals surface area contributed by atoms with E-state index >= 15 is 0 Å². The molecule has 1 aliphatic rings. The number of oxime groups is 1. The summed E-state index contributed by atoms with van der Waals surface area (Å²) in [4.78, 5) is 17.7. The number of carbonyl (C=O) groups excluding carboxylic acids is 1. The standard InChI is InChI=1S/C17H19FN4O2/c1-17(16(23)19-8-2-10-22-11-3-9-20-22)12-15(21-24-17)13-4-6-14(18)7-5-13/h3-7,9,11H,2,8,10,12H2,1H3,(H,19,23)/t17-/m0/s1. The predicted octanol–water partition coefficient (Wildman–Crippen LogP) is 2.11. The number of benzene rings is 1. The van der Waals surface area contributed by atoms with Crippen molar-refractivity contribution in [1.82, 2.24) is 15.1 Å². The van der Waals surface area contributed by atoms with Crippen LogP contribution in [0.25, 0.3) is 0 Å². The number of aromatic nitrogens is 2. The van der Waals surface area contributed by atoms with Crippen LogP contribution in [-0.2, 0) is 16.2 Å². The van der Waals surface area contributed by atoms with Crippen molar-refractivity contribution in [2.75, 3.05) is 6.54 Å². The van der Waals surface area contributed by atoms with E-state index in [4.69, 9.17) is 4.84 Å². The monoisotopic (exact) mass is 330 g/mol. The molecule has 0 fully saturated rings. The van der Waals surface area contributed by atoms with Gasteiger partial charge in [-0.3, -0.25) is 9.48 Å². The molecule has 2 aromatic rings. The third kappa shape index (κ3) is 3.61. The molecule has 2 heterocycles. The van der Waals surface area contributed by atoms with Crippen molar-refractivity contribution < 1.29 is 14.0 Å². The van der Waals surface area contributed by atoms with E-state index in [1.807, 2.05) is 16.9 Å². The maximum Gasteiger partial charge on any atom is 0.267 e. The number of nitrogens with zero attached hydrogens (tertiary/aromatic N) is 3. The molecule has 0 spiro atoms. The van der Waals surface area contributed by atoms with Crippen molar-refractivity contribution in [2.24, 2.45) is 5.16 Å². The fraction of sp³-hybridized carbons (Fsp3) is 0.353. The SMILES string of the molecule is C[C@@]1(C(=O)NCCCn2cccn2)CC(c2ccc(F)cc2)=NO1. The van der Waals surface area contributed by atoms with E-state index in [0.717, 1.165) is 18.5 Å². The van der Waals surface area contributed by atoms with Gasteiger partial charge in [-0.2, -0.15) is 5.10 Å². The zero-order valence-corrected chi connectivity index (χ0v) is 13.4. The molecule has 24 heavy (non-hydrogen) atoms. The summed E-state index contributed by atoms with van der Waals surface area (Å²) in [6, 6.07) is 7.85. The first kappa shape index (κ1) is 16.2. The van der Waals surface area contributed by atoms with Gasteiger partial charge in [-0.15, -0.1) is 0 Å². The largest absolute Gasteiger partial charge is 0.379 e. The molecule has 1 atom stereocenters. The summed E-state index contributed by atoms with van der Waals surface area (Å²) < 4.78 is 14.8. The topological polar surface area (TPSA) is 68.5 Å². The number of amides is 1. The average molecular weight is 330 g/mol. The normalized spacial score (nSPS) is 19.7. The number of hydrogen-bond donors (Lipinski definition) is 1. The maximum absolute atomic E-state index is 13.0. The van der Waals surface area contributed by atoms with Gasteiger partial charge in [0.05, 0.1) is 5.71 Å². The summed E-state index contributed by atoms with van der Waals surface area (Å²) in [5.41, 5.74) is 0.367. The summed E-state index contributed by atoms with van der Waals surface area (Å²) in [6.45, 7) is 2.97. The fourth-order valence-corrected chi connectivity index (χ4v) is 2.52. The molecule has 0 saturated carbocycles. The van der Waals surface area contributed by atoms with Crippen LogP contribution >= 0.6 is 0 Å². The van der Waals surface area contributed by atoms with Crippen molar-refractivity contribution in [1.29, 1.82) is 0 Å². The van der Waals surface area contributed by atoms with Crippen molar-refractivity contribution in [3.8, 4) is 0 Å². The Hall–Kier alpha value is -2.70. The van der Waals surface area contributed by atoms with Crippen LogP contribution in [-0.4, -0.2) is 33.5 Å². The molecular formula is C17H19FN4O2. The van der Waals surface area contributed by atoms with Crippen LogP contribution in [0, 0.1) is 5.82 Å². The number of halogens is 1. The third-order valence-corrected chi connectivity index (χ3v) is 3.93. The highest BCUT2D eigenvalue weighted by molar-refractivity contribution is 6.05. The van der Waals surface area contributed by atoms with Gasteiger partial charge >= 0.3 is 0 Å². The summed E-state index contributed by atoms with van der Waals surface area (Å²) in [5.74, 6) is -0.514. The highest BCUT2D eigenvalue weighted by Crippen LogP contribution is 2.26. The minimum absolute atomic E-state index is 0.205. The second-order valence-corrected chi connectivity index (χ2v) is 5.92. The van der Waals surface area contributed by atoms with Crippen LogP contribution in [0.5, 0.6) is 0 Å². The van der Waals surface area contributed by atoms with Gasteiger partial charge < -0.3 is 10.2 Å². The van der Waals surface area contributed by atoms with Gasteiger partial charge in [-0.25, -0.2) is 4.39 Å². The molecule has 0 bridgehead atoms. The number of hydrogen-bond acceptors (Lipinski definition) is 4. The van der Waals surface area contributed by atoms with Crippen molar-refractivity contribution in [2.45, 2.75) is 31.9 Å². The highest BCUT2D eigenvalue weighted by Gasteiger charge is 2.41. The first-order valence-corrected chi connectivity index (χ1v) is 7.83. The van der Waals surface area contributed by atoms with Crippen molar-refractivity contribution in [3.05, 3.63) is 54.1 Å². The molecule has 3 rings (SSSR count). The Morgan fingerprint density at radius 3 is 2.92 bits per heavy atom. The lowest BCUT2D eigenvalue weighted by Gasteiger charge is -2.20. The first-order chi connectivity index (χ1) is 11.6. The van der Waals surface area contributed by atoms with Gasteiger partial charge in [-0.1, -0.05) is 17.3 Å². The molecule has 6 nitrogen and oxygen atoms in total. The van der Waals surface area contributed by atoms with Crippen molar-refractivity contribution in [3.63, 3.8) is 0 Å². The van der Waals surface area contributed by atoms with Crippen LogP contribution in [0.15, 0.2) is 47.9 Å². The summed E-state index contributed by atoms with van der Waals surface area (Å²) in [5, 5.41) is 11.0. The first-order valence-electron chi connectivity index (χ1n) is 7.83. The molecule has 0 saturated heterocycles. The van der Waals surface area contributed by atoms with Gasteiger partial charge in [-0.05, 0) is 37.1 Å². The lowest BCUT2D eigenvalue weighted by Crippen LogP contribution is -2.45. The molecule has 0 radical (unpaired) electrons. The smallest absolute Gasteiger partial charge is 0.267 e. The van der Waals surface area contributed by atoms with Gasteiger partial charge in [0.2, 0.25) is 5.60 Å². The molecule has 7 heteroatoms. The van der Waals surface area contributed by atoms with E-state index in [1.54, 1.807) is 25.3 Å². The van der Waals surface area contributed by atoms with E-state index in [9.17, 15) is 9.18 Å². The molecule has 1 aromatic carbocycles. The quantitative estimate of drug-likeness (QED) is 0.825. The predicted molar refractivity (Wildman–Crippen MR) is 86.9 cm³/mol. The minimum atomic E-state index is -1.03. The van der Waals surface area contributed by atoms with Crippen LogP contribution in [0.1, 0.15) is 25.3 Å². The lowest BCUT2D eigenvalue weighted by molar-refractivity contribution is -0.141. The Labute approximate surface area is 139 Å². The molecule has 0 aliphatic carbocycles. The van der Waals surface area contributed by atoms with E-state index in [1.165, 1.54) is 12.1 Å². The summed E-state index contributed by atoms with van der Waals surface area (Å²) >= 11 is 0. The van der Waals surface area contributed by atoms with Crippen molar-refractivity contribution >= 4 is 11.6 Å². The van der Waals surface area contributed by atoms with E-state index in [-0.39, 0.29) is 11.7 Å². The van der Waals surface area contributed by atoms with Crippen LogP contribution in [0.4, 0.5) is 4.39 Å². The lowest BCUT2D eigenvalue weighted by atomic mass is 9.95. The number of aryl methyl sites for hydroxylation is 1. The Morgan fingerprint density at radius 2 is 2.21 bits per heavy atom. The fourth-order valence-electron chi connectivity index (χ4n) is 2.52. The molecule has 1 aliphatic heterocycles. The number of rotatable bonds is 6. The zero-order valence-electron chi connectivity index (χ0n) is 13.4. The molecule has 1 amide bonds. The number of nitrogens with one attached hydrogen (secondary N) is 1. The van der Waals surface area contributed by atoms with Gasteiger partial charge in [0.25, 0.3) is 5.91 Å². The molecule has 126 valence electrons. The number of carbonyl (C=O) groups is 1. The Kier molecular flexibility index (Phi) is 4.59. The van der Waals surface area contributed by atoms with E-state index in [2.05, 4.69) is 15.6 Å². The second-order valence-electron chi connectivity index (χ2n) is 5.92. The summed E-state index contributed by atoms with van der Waals surface area (Å²) in [6.07, 6.45) is 4.73. The van der Waals surface area contributed by atoms with E-state index in [0.29, 0.717) is 18.7 Å². The van der Waals surface area contributed by atoms with Crippen LogP contribution in [0.3, 0.4) is 0 Å². The minimum Gasteiger partial charge on any atom is -0.379 e. The third-order valence-electron chi connectivity index (χ3n) is 3.93. The second kappa shape index (κ2) is 6.82. The average Bonchev–Trinajstić information content (AvgIpc) is 3.22. The van der Waals surface area contributed by atoms with Crippen LogP contribution < -0.4 is 5.32 Å². The Morgan fingerprint density at radius 1 is 1.42 bits per heavy atom. The molecule has 0 unspecified atom stereocenters. The maximum atomic E-state index is 13.0. The van der Waals surface area contributed by atoms with Gasteiger partial charge in [0.15, 0.2) is 0 Å². The highest BCUT2D eigenvalue weighted by atomic mass is 19.1. The van der Waals surface area contributed by atoms with Crippen LogP contribution in [0.2, 0.25) is 0 Å². The van der Waals surface area contributed by atoms with E-state index < -0.39 is 5.60 Å². The van der Waals surface area contributed by atoms with Gasteiger partial charge in [0.1, 0.15) is 5.82 Å². The molecular weight excluding hydrogens is 311 g/mol. The molecule has 1 N–H and O–H groups in total. The Bertz CT molecular complexity index is 728.